The molecule has 0 radical (unpaired) electrons. The fourth-order valence-corrected chi connectivity index (χ4v) is 4.28. The Balaban J connectivity index is 1.26. The molecule has 0 saturated carbocycles. The number of anilines is 2. The number of carbonyl (C=O) groups excluding carboxylic acids is 3. The molecule has 168 valence electrons. The molecular formula is C24H28N4O4. The lowest BCUT2D eigenvalue weighted by molar-refractivity contribution is -0.157. The van der Waals surface area contributed by atoms with E-state index in [-0.39, 0.29) is 17.8 Å². The first-order valence-electron chi connectivity index (χ1n) is 11.0. The van der Waals surface area contributed by atoms with Gasteiger partial charge in [0.1, 0.15) is 5.82 Å². The van der Waals surface area contributed by atoms with Gasteiger partial charge < -0.3 is 20.7 Å². The van der Waals surface area contributed by atoms with Crippen molar-refractivity contribution in [3.05, 3.63) is 53.2 Å². The predicted octanol–water partition coefficient (Wildman–Crippen LogP) is 2.46. The van der Waals surface area contributed by atoms with Gasteiger partial charge in [-0.15, -0.1) is 0 Å². The number of amides is 2. The number of aromatic nitrogens is 1. The second kappa shape index (κ2) is 9.38. The standard InChI is InChI=1S/C24H28N4O4/c1-15(23(30)27-20-7-5-16-3-2-4-18(16)13-20)32-24(31)17-9-11-28(12-10-17)21-8-6-19(14-26-21)22(25)29/h5-8,13-15,17H,2-4,9-12H2,1H3,(H2,25,29)(H,27,30). The van der Waals surface area contributed by atoms with Gasteiger partial charge in [-0.3, -0.25) is 14.4 Å². The number of aryl methyl sites for hydroxylation is 2. The number of hydrogen-bond donors (Lipinski definition) is 2. The van der Waals surface area contributed by atoms with Gasteiger partial charge >= 0.3 is 5.97 Å². The van der Waals surface area contributed by atoms with Gasteiger partial charge in [-0.1, -0.05) is 6.07 Å². The Labute approximate surface area is 187 Å². The molecule has 2 heterocycles. The molecule has 1 atom stereocenters. The van der Waals surface area contributed by atoms with Gasteiger partial charge in [0.25, 0.3) is 5.91 Å². The molecule has 2 amide bonds. The highest BCUT2D eigenvalue weighted by Gasteiger charge is 2.29. The predicted molar refractivity (Wildman–Crippen MR) is 120 cm³/mol. The first kappa shape index (κ1) is 21.8. The average Bonchev–Trinajstić information content (AvgIpc) is 3.27. The summed E-state index contributed by atoms with van der Waals surface area (Å²) in [7, 11) is 0. The number of piperidine rings is 1. The van der Waals surface area contributed by atoms with Gasteiger partial charge in [-0.25, -0.2) is 4.98 Å². The summed E-state index contributed by atoms with van der Waals surface area (Å²) in [6.07, 6.45) is 5.08. The van der Waals surface area contributed by atoms with Gasteiger partial charge in [0.15, 0.2) is 6.10 Å². The van der Waals surface area contributed by atoms with Crippen molar-refractivity contribution in [3.8, 4) is 0 Å². The second-order valence-electron chi connectivity index (χ2n) is 8.44. The van der Waals surface area contributed by atoms with Crippen LogP contribution in [0.15, 0.2) is 36.5 Å². The molecule has 1 aromatic carbocycles. The van der Waals surface area contributed by atoms with Gasteiger partial charge in [-0.05, 0) is 74.4 Å². The molecule has 1 unspecified atom stereocenters. The number of hydrogen-bond acceptors (Lipinski definition) is 6. The molecule has 32 heavy (non-hydrogen) atoms. The molecule has 1 aromatic heterocycles. The van der Waals surface area contributed by atoms with Crippen LogP contribution in [0.1, 0.15) is 47.7 Å². The van der Waals surface area contributed by atoms with Crippen molar-refractivity contribution in [2.75, 3.05) is 23.3 Å². The van der Waals surface area contributed by atoms with Gasteiger partial charge in [0.2, 0.25) is 5.91 Å². The minimum Gasteiger partial charge on any atom is -0.452 e. The van der Waals surface area contributed by atoms with Crippen LogP contribution in [0.3, 0.4) is 0 Å². The highest BCUT2D eigenvalue weighted by atomic mass is 16.5. The normalized spacial score (nSPS) is 16.8. The quantitative estimate of drug-likeness (QED) is 0.673. The third-order valence-electron chi connectivity index (χ3n) is 6.21. The van der Waals surface area contributed by atoms with E-state index in [2.05, 4.69) is 21.3 Å². The fraction of sp³-hybridized carbons (Fsp3) is 0.417. The van der Waals surface area contributed by atoms with Crippen molar-refractivity contribution in [3.63, 3.8) is 0 Å². The maximum absolute atomic E-state index is 12.6. The van der Waals surface area contributed by atoms with Crippen LogP contribution in [-0.2, 0) is 27.2 Å². The number of nitrogens with zero attached hydrogens (tertiary/aromatic N) is 2. The van der Waals surface area contributed by atoms with Crippen LogP contribution in [0.4, 0.5) is 11.5 Å². The second-order valence-corrected chi connectivity index (χ2v) is 8.44. The molecule has 3 N–H and O–H groups in total. The van der Waals surface area contributed by atoms with E-state index in [1.807, 2.05) is 12.1 Å². The molecule has 2 aliphatic rings. The van der Waals surface area contributed by atoms with Gasteiger partial charge in [0.05, 0.1) is 11.5 Å². The number of carbonyl (C=O) groups is 3. The summed E-state index contributed by atoms with van der Waals surface area (Å²) in [5.74, 6) is -0.708. The lowest BCUT2D eigenvalue weighted by Crippen LogP contribution is -2.39. The van der Waals surface area contributed by atoms with Crippen LogP contribution in [0.2, 0.25) is 0 Å². The summed E-state index contributed by atoms with van der Waals surface area (Å²) < 4.78 is 5.46. The van der Waals surface area contributed by atoms with E-state index in [1.54, 1.807) is 19.1 Å². The molecule has 1 aliphatic carbocycles. The lowest BCUT2D eigenvalue weighted by atomic mass is 9.97. The maximum atomic E-state index is 12.6. The van der Waals surface area contributed by atoms with Crippen LogP contribution in [-0.4, -0.2) is 42.0 Å². The Morgan fingerprint density at radius 3 is 2.56 bits per heavy atom. The van der Waals surface area contributed by atoms with E-state index < -0.39 is 12.0 Å². The van der Waals surface area contributed by atoms with E-state index in [0.29, 0.717) is 31.5 Å². The zero-order chi connectivity index (χ0) is 22.7. The van der Waals surface area contributed by atoms with E-state index >= 15 is 0 Å². The number of nitrogens with two attached hydrogens (primary N) is 1. The monoisotopic (exact) mass is 436 g/mol. The first-order valence-corrected chi connectivity index (χ1v) is 11.0. The zero-order valence-corrected chi connectivity index (χ0v) is 18.2. The van der Waals surface area contributed by atoms with Crippen LogP contribution < -0.4 is 16.0 Å². The highest BCUT2D eigenvalue weighted by molar-refractivity contribution is 5.95. The van der Waals surface area contributed by atoms with Crippen LogP contribution in [0.25, 0.3) is 0 Å². The summed E-state index contributed by atoms with van der Waals surface area (Å²) in [4.78, 5) is 42.6. The van der Waals surface area contributed by atoms with Crippen molar-refractivity contribution in [1.29, 1.82) is 0 Å². The fourth-order valence-electron chi connectivity index (χ4n) is 4.28. The number of esters is 1. The Morgan fingerprint density at radius 2 is 1.88 bits per heavy atom. The van der Waals surface area contributed by atoms with E-state index in [4.69, 9.17) is 10.5 Å². The number of benzene rings is 1. The van der Waals surface area contributed by atoms with Crippen LogP contribution >= 0.6 is 0 Å². The van der Waals surface area contributed by atoms with Gasteiger partial charge in [-0.2, -0.15) is 0 Å². The van der Waals surface area contributed by atoms with Gasteiger partial charge in [0, 0.05) is 25.0 Å². The first-order chi connectivity index (χ1) is 15.4. The Bertz CT molecular complexity index is 1010. The van der Waals surface area contributed by atoms with E-state index in [0.717, 1.165) is 30.8 Å². The minimum absolute atomic E-state index is 0.258. The van der Waals surface area contributed by atoms with E-state index in [9.17, 15) is 14.4 Å². The summed E-state index contributed by atoms with van der Waals surface area (Å²) in [6, 6.07) is 9.36. The Morgan fingerprint density at radius 1 is 1.12 bits per heavy atom. The molecule has 1 fully saturated rings. The maximum Gasteiger partial charge on any atom is 0.309 e. The largest absolute Gasteiger partial charge is 0.452 e. The third kappa shape index (κ3) is 4.90. The number of ether oxygens (including phenoxy) is 1. The number of fused-ring (bicyclic) bond motifs is 1. The zero-order valence-electron chi connectivity index (χ0n) is 18.2. The SMILES string of the molecule is CC(OC(=O)C1CCN(c2ccc(C(N)=O)cn2)CC1)C(=O)Nc1ccc2c(c1)CCC2. The van der Waals surface area contributed by atoms with Crippen LogP contribution in [0.5, 0.6) is 0 Å². The average molecular weight is 437 g/mol. The smallest absolute Gasteiger partial charge is 0.309 e. The number of rotatable bonds is 6. The third-order valence-corrected chi connectivity index (χ3v) is 6.21. The molecule has 8 nitrogen and oxygen atoms in total. The molecule has 4 rings (SSSR count). The summed E-state index contributed by atoms with van der Waals surface area (Å²) >= 11 is 0. The van der Waals surface area contributed by atoms with Crippen molar-refractivity contribution >= 4 is 29.3 Å². The summed E-state index contributed by atoms with van der Waals surface area (Å²) in [5.41, 5.74) is 8.96. The van der Waals surface area contributed by atoms with Crippen molar-refractivity contribution in [1.82, 2.24) is 4.98 Å². The van der Waals surface area contributed by atoms with Crippen molar-refractivity contribution in [2.45, 2.75) is 45.1 Å². The van der Waals surface area contributed by atoms with Crippen molar-refractivity contribution in [2.24, 2.45) is 11.7 Å². The minimum atomic E-state index is -0.864. The topological polar surface area (TPSA) is 115 Å². The lowest BCUT2D eigenvalue weighted by Gasteiger charge is -2.32. The number of nitrogens with one attached hydrogen (secondary N) is 1. The Kier molecular flexibility index (Phi) is 6.39. The molecule has 8 heteroatoms. The summed E-state index contributed by atoms with van der Waals surface area (Å²) in [6.45, 7) is 2.87. The van der Waals surface area contributed by atoms with E-state index in [1.165, 1.54) is 17.3 Å². The highest BCUT2D eigenvalue weighted by Crippen LogP contribution is 2.26. The molecule has 2 aromatic rings. The summed E-state index contributed by atoms with van der Waals surface area (Å²) in [5, 5.41) is 2.86. The molecule has 0 bridgehead atoms. The number of primary amides is 1. The van der Waals surface area contributed by atoms with Crippen LogP contribution in [0, 0.1) is 5.92 Å². The molecule has 1 aliphatic heterocycles. The molecule has 1 saturated heterocycles. The van der Waals surface area contributed by atoms with Crippen molar-refractivity contribution < 1.29 is 19.1 Å². The molecule has 0 spiro atoms. The Hall–Kier alpha value is -3.42. The number of pyridine rings is 1. The molecular weight excluding hydrogens is 408 g/mol.